The summed E-state index contributed by atoms with van der Waals surface area (Å²) in [5, 5.41) is 8.59. The summed E-state index contributed by atoms with van der Waals surface area (Å²) in [6.07, 6.45) is 5.34. The summed E-state index contributed by atoms with van der Waals surface area (Å²) in [6, 6.07) is -0.166. The van der Waals surface area contributed by atoms with Crippen molar-refractivity contribution in [2.45, 2.75) is 52.2 Å². The summed E-state index contributed by atoms with van der Waals surface area (Å²) in [5.41, 5.74) is 0.903. The summed E-state index contributed by atoms with van der Waals surface area (Å²) in [6.45, 7) is 5.80. The Kier molecular flexibility index (Phi) is 6.45. The Balaban J connectivity index is 1.54. The molecule has 0 radical (unpaired) electrons. The number of carbonyl (C=O) groups excluding carboxylic acids is 1. The third kappa shape index (κ3) is 5.63. The Morgan fingerprint density at radius 3 is 2.95 bits per heavy atom. The minimum absolute atomic E-state index is 0.166. The SMILES string of the molecule is Cc1nc(CNC(=O)NCCO[C@H]2CCCC[C@H]2C)cs1. The highest BCUT2D eigenvalue weighted by Gasteiger charge is 2.21. The molecule has 1 aliphatic carbocycles. The lowest BCUT2D eigenvalue weighted by Gasteiger charge is -2.28. The maximum Gasteiger partial charge on any atom is 0.315 e. The van der Waals surface area contributed by atoms with Crippen molar-refractivity contribution in [1.29, 1.82) is 0 Å². The number of hydrogen-bond donors (Lipinski definition) is 2. The zero-order valence-electron chi connectivity index (χ0n) is 12.9. The van der Waals surface area contributed by atoms with Crippen LogP contribution in [-0.4, -0.2) is 30.3 Å². The first-order valence-electron chi connectivity index (χ1n) is 7.69. The van der Waals surface area contributed by atoms with Gasteiger partial charge in [0.2, 0.25) is 0 Å². The average molecular weight is 311 g/mol. The van der Waals surface area contributed by atoms with Crippen molar-refractivity contribution < 1.29 is 9.53 Å². The molecule has 1 aromatic heterocycles. The number of nitrogens with one attached hydrogen (secondary N) is 2. The number of rotatable bonds is 6. The average Bonchev–Trinajstić information content (AvgIpc) is 2.89. The van der Waals surface area contributed by atoms with E-state index in [1.54, 1.807) is 11.3 Å². The van der Waals surface area contributed by atoms with Crippen LogP contribution in [0.3, 0.4) is 0 Å². The van der Waals surface area contributed by atoms with E-state index in [4.69, 9.17) is 4.74 Å². The van der Waals surface area contributed by atoms with Gasteiger partial charge in [-0.1, -0.05) is 19.8 Å². The fourth-order valence-corrected chi connectivity index (χ4v) is 3.24. The van der Waals surface area contributed by atoms with Crippen LogP contribution in [0.15, 0.2) is 5.38 Å². The van der Waals surface area contributed by atoms with E-state index in [1.807, 2.05) is 12.3 Å². The number of ether oxygens (including phenoxy) is 1. The molecule has 2 rings (SSSR count). The van der Waals surface area contributed by atoms with Crippen LogP contribution in [0.5, 0.6) is 0 Å². The Bertz CT molecular complexity index is 450. The normalized spacial score (nSPS) is 22.0. The van der Waals surface area contributed by atoms with E-state index in [-0.39, 0.29) is 6.03 Å². The Hall–Kier alpha value is -1.14. The summed E-state index contributed by atoms with van der Waals surface area (Å²) in [4.78, 5) is 15.9. The van der Waals surface area contributed by atoms with Crippen LogP contribution in [0, 0.1) is 12.8 Å². The monoisotopic (exact) mass is 311 g/mol. The van der Waals surface area contributed by atoms with Crippen molar-refractivity contribution >= 4 is 17.4 Å². The van der Waals surface area contributed by atoms with Gasteiger partial charge < -0.3 is 15.4 Å². The third-order valence-electron chi connectivity index (χ3n) is 3.85. The molecule has 5 nitrogen and oxygen atoms in total. The van der Waals surface area contributed by atoms with E-state index < -0.39 is 0 Å². The number of hydrogen-bond acceptors (Lipinski definition) is 4. The van der Waals surface area contributed by atoms with Gasteiger partial charge in [-0.05, 0) is 25.7 Å². The van der Waals surface area contributed by atoms with Gasteiger partial charge in [-0.2, -0.15) is 0 Å². The largest absolute Gasteiger partial charge is 0.376 e. The molecule has 2 N–H and O–H groups in total. The molecule has 6 heteroatoms. The molecule has 1 aromatic rings. The van der Waals surface area contributed by atoms with Gasteiger partial charge >= 0.3 is 6.03 Å². The van der Waals surface area contributed by atoms with Gasteiger partial charge in [0.15, 0.2) is 0 Å². The standard InChI is InChI=1S/C15H25N3O2S/c1-11-5-3-4-6-14(11)20-8-7-16-15(19)17-9-13-10-21-12(2)18-13/h10-11,14H,3-9H2,1-2H3,(H2,16,17,19)/t11-,14+/m1/s1. The molecule has 0 saturated heterocycles. The number of urea groups is 1. The maximum atomic E-state index is 11.6. The van der Waals surface area contributed by atoms with E-state index in [0.29, 0.717) is 31.7 Å². The van der Waals surface area contributed by atoms with Crippen LogP contribution >= 0.6 is 11.3 Å². The first kappa shape index (κ1) is 16.2. The van der Waals surface area contributed by atoms with Gasteiger partial charge in [-0.15, -0.1) is 11.3 Å². The quantitative estimate of drug-likeness (QED) is 0.794. The van der Waals surface area contributed by atoms with Crippen LogP contribution in [-0.2, 0) is 11.3 Å². The van der Waals surface area contributed by atoms with Crippen molar-refractivity contribution in [1.82, 2.24) is 15.6 Å². The highest BCUT2D eigenvalue weighted by molar-refractivity contribution is 7.09. The predicted octanol–water partition coefficient (Wildman–Crippen LogP) is 2.85. The molecule has 1 heterocycles. The summed E-state index contributed by atoms with van der Waals surface area (Å²) in [7, 11) is 0. The second kappa shape index (κ2) is 8.34. The van der Waals surface area contributed by atoms with Crippen LogP contribution < -0.4 is 10.6 Å². The Labute approximate surface area is 130 Å². The number of aromatic nitrogens is 1. The summed E-state index contributed by atoms with van der Waals surface area (Å²) in [5.74, 6) is 0.639. The lowest BCUT2D eigenvalue weighted by Crippen LogP contribution is -2.38. The van der Waals surface area contributed by atoms with Crippen molar-refractivity contribution in [2.24, 2.45) is 5.92 Å². The van der Waals surface area contributed by atoms with E-state index in [1.165, 1.54) is 19.3 Å². The second-order valence-corrected chi connectivity index (χ2v) is 6.70. The van der Waals surface area contributed by atoms with Gasteiger partial charge in [-0.25, -0.2) is 9.78 Å². The highest BCUT2D eigenvalue weighted by Crippen LogP contribution is 2.25. The van der Waals surface area contributed by atoms with Crippen molar-refractivity contribution in [3.05, 3.63) is 16.1 Å². The van der Waals surface area contributed by atoms with E-state index in [9.17, 15) is 4.79 Å². The summed E-state index contributed by atoms with van der Waals surface area (Å²) >= 11 is 1.59. The fraction of sp³-hybridized carbons (Fsp3) is 0.733. The number of thiazole rings is 1. The molecule has 1 fully saturated rings. The molecule has 2 atom stereocenters. The lowest BCUT2D eigenvalue weighted by atomic mass is 9.88. The molecule has 21 heavy (non-hydrogen) atoms. The van der Waals surface area contributed by atoms with Crippen LogP contribution in [0.2, 0.25) is 0 Å². The minimum Gasteiger partial charge on any atom is -0.376 e. The smallest absolute Gasteiger partial charge is 0.315 e. The number of carbonyl (C=O) groups is 1. The molecular formula is C15H25N3O2S. The van der Waals surface area contributed by atoms with Crippen LogP contribution in [0.4, 0.5) is 4.79 Å². The van der Waals surface area contributed by atoms with Crippen molar-refractivity contribution in [2.75, 3.05) is 13.2 Å². The van der Waals surface area contributed by atoms with Gasteiger partial charge in [0.1, 0.15) is 0 Å². The topological polar surface area (TPSA) is 63.2 Å². The van der Waals surface area contributed by atoms with Gasteiger partial charge in [0, 0.05) is 11.9 Å². The molecule has 0 spiro atoms. The molecule has 0 unspecified atom stereocenters. The minimum atomic E-state index is -0.166. The van der Waals surface area contributed by atoms with E-state index >= 15 is 0 Å². The zero-order chi connectivity index (χ0) is 15.1. The predicted molar refractivity (Wildman–Crippen MR) is 84.5 cm³/mol. The zero-order valence-corrected chi connectivity index (χ0v) is 13.7. The molecule has 2 amide bonds. The number of aryl methyl sites for hydroxylation is 1. The highest BCUT2D eigenvalue weighted by atomic mass is 32.1. The lowest BCUT2D eigenvalue weighted by molar-refractivity contribution is -0.00243. The molecule has 0 bridgehead atoms. The fourth-order valence-electron chi connectivity index (χ4n) is 2.63. The van der Waals surface area contributed by atoms with E-state index in [2.05, 4.69) is 22.5 Å². The molecule has 1 aliphatic rings. The molecule has 0 aromatic carbocycles. The van der Waals surface area contributed by atoms with Crippen LogP contribution in [0.25, 0.3) is 0 Å². The number of nitrogens with zero attached hydrogens (tertiary/aromatic N) is 1. The third-order valence-corrected chi connectivity index (χ3v) is 4.67. The second-order valence-electron chi connectivity index (χ2n) is 5.64. The first-order chi connectivity index (χ1) is 10.1. The Morgan fingerprint density at radius 2 is 2.24 bits per heavy atom. The molecule has 1 saturated carbocycles. The van der Waals surface area contributed by atoms with Gasteiger partial charge in [0.25, 0.3) is 0 Å². The first-order valence-corrected chi connectivity index (χ1v) is 8.57. The molecule has 118 valence electrons. The van der Waals surface area contributed by atoms with Crippen molar-refractivity contribution in [3.63, 3.8) is 0 Å². The Morgan fingerprint density at radius 1 is 1.43 bits per heavy atom. The summed E-state index contributed by atoms with van der Waals surface area (Å²) < 4.78 is 5.86. The van der Waals surface area contributed by atoms with E-state index in [0.717, 1.165) is 17.1 Å². The molecule has 0 aliphatic heterocycles. The van der Waals surface area contributed by atoms with Gasteiger partial charge in [0.05, 0.1) is 30.0 Å². The van der Waals surface area contributed by atoms with Crippen LogP contribution in [0.1, 0.15) is 43.3 Å². The maximum absolute atomic E-state index is 11.6. The molecular weight excluding hydrogens is 286 g/mol. The number of amides is 2. The van der Waals surface area contributed by atoms with Crippen molar-refractivity contribution in [3.8, 4) is 0 Å². The van der Waals surface area contributed by atoms with Gasteiger partial charge in [-0.3, -0.25) is 0 Å².